The van der Waals surface area contributed by atoms with Crippen molar-refractivity contribution in [1.29, 1.82) is 0 Å². The fourth-order valence-electron chi connectivity index (χ4n) is 3.31. The number of hydrogen-bond acceptors (Lipinski definition) is 4. The van der Waals surface area contributed by atoms with Gasteiger partial charge in [0.1, 0.15) is 11.9 Å². The summed E-state index contributed by atoms with van der Waals surface area (Å²) in [5, 5.41) is 3.30. The summed E-state index contributed by atoms with van der Waals surface area (Å²) in [5.41, 5.74) is 0.953. The first-order valence-electron chi connectivity index (χ1n) is 9.74. The summed E-state index contributed by atoms with van der Waals surface area (Å²) in [5.74, 6) is 0.650. The molecule has 2 heterocycles. The number of amides is 1. The van der Waals surface area contributed by atoms with Crippen LogP contribution in [0.3, 0.4) is 0 Å². The van der Waals surface area contributed by atoms with Gasteiger partial charge in [-0.15, -0.1) is 0 Å². The fraction of sp³-hybridized carbons (Fsp3) is 0.455. The quantitative estimate of drug-likeness (QED) is 0.882. The molecule has 0 bridgehead atoms. The molecule has 3 rings (SSSR count). The SMILES string of the molecule is CN(C(=O)C(C)(C)C)c1ccc(-n2ccc(OC3CCNCC3)cc2=O)cc1. The van der Waals surface area contributed by atoms with Crippen molar-refractivity contribution in [1.82, 2.24) is 9.88 Å². The number of nitrogens with zero attached hydrogens (tertiary/aromatic N) is 2. The Morgan fingerprint density at radius 1 is 1.14 bits per heavy atom. The van der Waals surface area contributed by atoms with Crippen LogP contribution in [0.15, 0.2) is 47.4 Å². The van der Waals surface area contributed by atoms with Crippen molar-refractivity contribution in [2.75, 3.05) is 25.0 Å². The molecule has 1 saturated heterocycles. The van der Waals surface area contributed by atoms with Crippen LogP contribution >= 0.6 is 0 Å². The van der Waals surface area contributed by atoms with E-state index in [0.29, 0.717) is 5.75 Å². The van der Waals surface area contributed by atoms with E-state index in [0.717, 1.165) is 37.3 Å². The second-order valence-electron chi connectivity index (χ2n) is 8.27. The van der Waals surface area contributed by atoms with E-state index in [1.807, 2.05) is 51.1 Å². The zero-order valence-corrected chi connectivity index (χ0v) is 17.1. The number of piperidine rings is 1. The molecule has 0 radical (unpaired) electrons. The van der Waals surface area contributed by atoms with E-state index in [1.54, 1.807) is 22.7 Å². The van der Waals surface area contributed by atoms with Crippen molar-refractivity contribution in [2.24, 2.45) is 5.41 Å². The lowest BCUT2D eigenvalue weighted by molar-refractivity contribution is -0.125. The smallest absolute Gasteiger partial charge is 0.258 e. The fourth-order valence-corrected chi connectivity index (χ4v) is 3.31. The molecule has 1 aliphatic rings. The number of ether oxygens (including phenoxy) is 1. The summed E-state index contributed by atoms with van der Waals surface area (Å²) < 4.78 is 7.51. The number of aromatic nitrogens is 1. The molecular formula is C22H29N3O3. The first-order valence-corrected chi connectivity index (χ1v) is 9.74. The minimum Gasteiger partial charge on any atom is -0.490 e. The van der Waals surface area contributed by atoms with E-state index in [9.17, 15) is 9.59 Å². The molecule has 0 unspecified atom stereocenters. The predicted octanol–water partition coefficient (Wildman–Crippen LogP) is 2.98. The van der Waals surface area contributed by atoms with Gasteiger partial charge >= 0.3 is 0 Å². The Morgan fingerprint density at radius 3 is 2.36 bits per heavy atom. The van der Waals surface area contributed by atoms with Gasteiger partial charge in [0.2, 0.25) is 5.91 Å². The highest BCUT2D eigenvalue weighted by atomic mass is 16.5. The molecule has 1 N–H and O–H groups in total. The number of pyridine rings is 1. The number of rotatable bonds is 4. The van der Waals surface area contributed by atoms with Crippen LogP contribution in [-0.2, 0) is 4.79 Å². The molecule has 6 nitrogen and oxygen atoms in total. The molecule has 150 valence electrons. The maximum absolute atomic E-state index is 12.5. The highest BCUT2D eigenvalue weighted by molar-refractivity contribution is 5.96. The van der Waals surface area contributed by atoms with Gasteiger partial charge in [0.15, 0.2) is 0 Å². The zero-order valence-electron chi connectivity index (χ0n) is 17.1. The van der Waals surface area contributed by atoms with Crippen molar-refractivity contribution >= 4 is 11.6 Å². The summed E-state index contributed by atoms with van der Waals surface area (Å²) in [7, 11) is 1.77. The van der Waals surface area contributed by atoms with Crippen LogP contribution in [0.2, 0.25) is 0 Å². The molecule has 0 spiro atoms. The predicted molar refractivity (Wildman–Crippen MR) is 111 cm³/mol. The number of anilines is 1. The number of carbonyl (C=O) groups is 1. The number of carbonyl (C=O) groups excluding carboxylic acids is 1. The molecule has 1 aromatic carbocycles. The summed E-state index contributed by atoms with van der Waals surface area (Å²) in [6.07, 6.45) is 3.79. The molecule has 28 heavy (non-hydrogen) atoms. The van der Waals surface area contributed by atoms with Crippen molar-refractivity contribution in [2.45, 2.75) is 39.7 Å². The van der Waals surface area contributed by atoms with E-state index in [-0.39, 0.29) is 17.6 Å². The van der Waals surface area contributed by atoms with Gasteiger partial charge in [-0.2, -0.15) is 0 Å². The highest BCUT2D eigenvalue weighted by Gasteiger charge is 2.25. The third kappa shape index (κ3) is 4.62. The average Bonchev–Trinajstić information content (AvgIpc) is 2.67. The van der Waals surface area contributed by atoms with Gasteiger partial charge in [0.05, 0.1) is 0 Å². The van der Waals surface area contributed by atoms with Crippen LogP contribution in [0.1, 0.15) is 33.6 Å². The molecule has 0 saturated carbocycles. The summed E-state index contributed by atoms with van der Waals surface area (Å²) in [6, 6.07) is 10.8. The molecule has 2 aromatic rings. The molecule has 0 atom stereocenters. The lowest BCUT2D eigenvalue weighted by atomic mass is 9.94. The number of benzene rings is 1. The van der Waals surface area contributed by atoms with Crippen LogP contribution in [0.4, 0.5) is 5.69 Å². The van der Waals surface area contributed by atoms with Crippen molar-refractivity contribution in [3.8, 4) is 11.4 Å². The maximum Gasteiger partial charge on any atom is 0.258 e. The Bertz CT molecular complexity index is 875. The van der Waals surface area contributed by atoms with E-state index < -0.39 is 5.41 Å². The Labute approximate surface area is 166 Å². The van der Waals surface area contributed by atoms with Crippen molar-refractivity contribution in [3.63, 3.8) is 0 Å². The van der Waals surface area contributed by atoms with Crippen LogP contribution in [-0.4, -0.2) is 36.7 Å². The van der Waals surface area contributed by atoms with E-state index in [2.05, 4.69) is 5.32 Å². The van der Waals surface area contributed by atoms with Gasteiger partial charge in [-0.05, 0) is 56.3 Å². The molecule has 0 aliphatic carbocycles. The molecular weight excluding hydrogens is 354 g/mol. The first-order chi connectivity index (χ1) is 13.3. The second-order valence-corrected chi connectivity index (χ2v) is 8.27. The van der Waals surface area contributed by atoms with Crippen LogP contribution in [0.5, 0.6) is 5.75 Å². The first kappa shape index (κ1) is 20.1. The Morgan fingerprint density at radius 2 is 1.79 bits per heavy atom. The summed E-state index contributed by atoms with van der Waals surface area (Å²) >= 11 is 0. The van der Waals surface area contributed by atoms with Crippen LogP contribution in [0.25, 0.3) is 5.69 Å². The zero-order chi connectivity index (χ0) is 20.3. The van der Waals surface area contributed by atoms with Crippen molar-refractivity contribution in [3.05, 3.63) is 52.9 Å². The van der Waals surface area contributed by atoms with Crippen LogP contribution in [0, 0.1) is 5.41 Å². The standard InChI is InChI=1S/C22H29N3O3/c1-22(2,3)21(27)24(4)16-5-7-17(8-6-16)25-14-11-19(15-20(25)26)28-18-9-12-23-13-10-18/h5-8,11,14-15,18,23H,9-10,12-13H2,1-4H3. The lowest BCUT2D eigenvalue weighted by Crippen LogP contribution is -2.36. The highest BCUT2D eigenvalue weighted by Crippen LogP contribution is 2.23. The third-order valence-electron chi connectivity index (χ3n) is 4.94. The van der Waals surface area contributed by atoms with Gasteiger partial charge in [0.25, 0.3) is 5.56 Å². The van der Waals surface area contributed by atoms with E-state index in [4.69, 9.17) is 4.74 Å². The van der Waals surface area contributed by atoms with Gasteiger partial charge < -0.3 is 15.0 Å². The molecule has 1 fully saturated rings. The van der Waals surface area contributed by atoms with Crippen molar-refractivity contribution < 1.29 is 9.53 Å². The van der Waals surface area contributed by atoms with Gasteiger partial charge in [0, 0.05) is 36.1 Å². The number of nitrogens with one attached hydrogen (secondary N) is 1. The lowest BCUT2D eigenvalue weighted by Gasteiger charge is -2.26. The topological polar surface area (TPSA) is 63.6 Å². The minimum atomic E-state index is -0.450. The Balaban J connectivity index is 1.74. The van der Waals surface area contributed by atoms with Crippen LogP contribution < -0.4 is 20.5 Å². The third-order valence-corrected chi connectivity index (χ3v) is 4.94. The summed E-state index contributed by atoms with van der Waals surface area (Å²) in [6.45, 7) is 7.58. The second kappa shape index (κ2) is 8.19. The van der Waals surface area contributed by atoms with Gasteiger partial charge in [-0.3, -0.25) is 14.2 Å². The molecule has 6 heteroatoms. The summed E-state index contributed by atoms with van der Waals surface area (Å²) in [4.78, 5) is 26.6. The van der Waals surface area contributed by atoms with Gasteiger partial charge in [-0.25, -0.2) is 0 Å². The van der Waals surface area contributed by atoms with E-state index >= 15 is 0 Å². The normalized spacial score (nSPS) is 15.3. The largest absolute Gasteiger partial charge is 0.490 e. The van der Waals surface area contributed by atoms with Gasteiger partial charge in [-0.1, -0.05) is 20.8 Å². The molecule has 1 aliphatic heterocycles. The monoisotopic (exact) mass is 383 g/mol. The number of hydrogen-bond donors (Lipinski definition) is 1. The average molecular weight is 383 g/mol. The maximum atomic E-state index is 12.5. The van der Waals surface area contributed by atoms with E-state index in [1.165, 1.54) is 6.07 Å². The molecule has 1 aromatic heterocycles. The Hall–Kier alpha value is -2.60. The minimum absolute atomic E-state index is 0.0387. The Kier molecular flexibility index (Phi) is 5.89. The molecule has 1 amide bonds.